The second kappa shape index (κ2) is 6.74. The molecule has 1 N–H and O–H groups in total. The molecule has 2 rings (SSSR count). The molecule has 0 spiro atoms. The van der Waals surface area contributed by atoms with Gasteiger partial charge in [-0.1, -0.05) is 19.1 Å². The second-order valence-electron chi connectivity index (χ2n) is 4.68. The van der Waals surface area contributed by atoms with Gasteiger partial charge in [-0.15, -0.1) is 0 Å². The molecule has 1 amide bonds. The molecule has 0 bridgehead atoms. The Kier molecular flexibility index (Phi) is 4.77. The molecule has 1 aromatic carbocycles. The zero-order valence-corrected chi connectivity index (χ0v) is 12.1. The van der Waals surface area contributed by atoms with Crippen molar-refractivity contribution < 1.29 is 14.3 Å². The Bertz CT molecular complexity index is 646. The summed E-state index contributed by atoms with van der Waals surface area (Å²) in [7, 11) is 1.74. The van der Waals surface area contributed by atoms with Crippen molar-refractivity contribution in [1.82, 2.24) is 4.57 Å². The highest BCUT2D eigenvalue weighted by atomic mass is 16.5. The number of rotatable bonds is 5. The summed E-state index contributed by atoms with van der Waals surface area (Å²) in [6, 6.07) is 11.0. The number of aromatic nitrogens is 1. The third-order valence-electron chi connectivity index (χ3n) is 3.11. The Hall–Kier alpha value is -2.56. The van der Waals surface area contributed by atoms with Crippen LogP contribution in [-0.4, -0.2) is 23.1 Å². The van der Waals surface area contributed by atoms with Crippen molar-refractivity contribution in [2.75, 3.05) is 11.9 Å². The first-order valence-corrected chi connectivity index (χ1v) is 6.77. The van der Waals surface area contributed by atoms with Gasteiger partial charge < -0.3 is 14.6 Å². The standard InChI is InChI=1S/C16H18N2O3/c1-3-12-6-4-7-13(10-12)17-15(19)11-21-16(20)14-8-5-9-18(14)2/h4-10H,3,11H2,1-2H3,(H,17,19). The quantitative estimate of drug-likeness (QED) is 0.858. The summed E-state index contributed by atoms with van der Waals surface area (Å²) in [6.07, 6.45) is 2.64. The molecule has 0 aliphatic heterocycles. The summed E-state index contributed by atoms with van der Waals surface area (Å²) < 4.78 is 6.63. The number of aryl methyl sites for hydroxylation is 2. The van der Waals surface area contributed by atoms with Crippen LogP contribution in [0.15, 0.2) is 42.6 Å². The fourth-order valence-corrected chi connectivity index (χ4v) is 1.94. The molecule has 0 saturated carbocycles. The van der Waals surface area contributed by atoms with Crippen molar-refractivity contribution in [3.05, 3.63) is 53.9 Å². The van der Waals surface area contributed by atoms with E-state index in [9.17, 15) is 9.59 Å². The zero-order chi connectivity index (χ0) is 15.2. The van der Waals surface area contributed by atoms with Gasteiger partial charge in [-0.2, -0.15) is 0 Å². The number of carbonyl (C=O) groups excluding carboxylic acids is 2. The van der Waals surface area contributed by atoms with E-state index in [4.69, 9.17) is 4.74 Å². The minimum atomic E-state index is -0.514. The molecular formula is C16H18N2O3. The van der Waals surface area contributed by atoms with E-state index in [2.05, 4.69) is 5.32 Å². The van der Waals surface area contributed by atoms with E-state index in [1.165, 1.54) is 0 Å². The molecule has 5 heteroatoms. The molecule has 0 radical (unpaired) electrons. The first-order chi connectivity index (χ1) is 10.1. The number of benzene rings is 1. The fourth-order valence-electron chi connectivity index (χ4n) is 1.94. The smallest absolute Gasteiger partial charge is 0.355 e. The van der Waals surface area contributed by atoms with Crippen LogP contribution in [0.25, 0.3) is 0 Å². The number of anilines is 1. The van der Waals surface area contributed by atoms with E-state index in [0.717, 1.165) is 12.0 Å². The number of carbonyl (C=O) groups is 2. The first-order valence-electron chi connectivity index (χ1n) is 6.77. The van der Waals surface area contributed by atoms with E-state index in [0.29, 0.717) is 11.4 Å². The molecule has 0 fully saturated rings. The largest absolute Gasteiger partial charge is 0.451 e. The minimum absolute atomic E-state index is 0.305. The van der Waals surface area contributed by atoms with Crippen molar-refractivity contribution in [2.45, 2.75) is 13.3 Å². The molecule has 110 valence electrons. The fraction of sp³-hybridized carbons (Fsp3) is 0.250. The third kappa shape index (κ3) is 3.95. The monoisotopic (exact) mass is 286 g/mol. The van der Waals surface area contributed by atoms with Crippen LogP contribution in [-0.2, 0) is 23.0 Å². The molecule has 5 nitrogen and oxygen atoms in total. The van der Waals surface area contributed by atoms with E-state index >= 15 is 0 Å². The lowest BCUT2D eigenvalue weighted by Crippen LogP contribution is -2.21. The van der Waals surface area contributed by atoms with Crippen LogP contribution in [0.5, 0.6) is 0 Å². The van der Waals surface area contributed by atoms with Gasteiger partial charge in [-0.05, 0) is 36.2 Å². The number of nitrogens with zero attached hydrogens (tertiary/aromatic N) is 1. The van der Waals surface area contributed by atoms with Gasteiger partial charge >= 0.3 is 5.97 Å². The molecular weight excluding hydrogens is 268 g/mol. The van der Waals surface area contributed by atoms with Gasteiger partial charge in [0.25, 0.3) is 5.91 Å². The van der Waals surface area contributed by atoms with Crippen LogP contribution in [0.3, 0.4) is 0 Å². The van der Waals surface area contributed by atoms with Gasteiger partial charge in [0.15, 0.2) is 6.61 Å². The number of esters is 1. The van der Waals surface area contributed by atoms with Crippen molar-refractivity contribution in [3.63, 3.8) is 0 Å². The average Bonchev–Trinajstić information content (AvgIpc) is 2.91. The highest BCUT2D eigenvalue weighted by Gasteiger charge is 2.12. The highest BCUT2D eigenvalue weighted by Crippen LogP contribution is 2.11. The second-order valence-corrected chi connectivity index (χ2v) is 4.68. The summed E-state index contributed by atoms with van der Waals surface area (Å²) in [5.41, 5.74) is 2.25. The van der Waals surface area contributed by atoms with Crippen LogP contribution >= 0.6 is 0 Å². The molecule has 1 heterocycles. The van der Waals surface area contributed by atoms with Crippen LogP contribution in [0.4, 0.5) is 5.69 Å². The summed E-state index contributed by atoms with van der Waals surface area (Å²) in [5, 5.41) is 2.71. The minimum Gasteiger partial charge on any atom is -0.451 e. The maximum atomic E-state index is 11.8. The van der Waals surface area contributed by atoms with E-state index in [1.54, 1.807) is 36.0 Å². The Labute approximate surface area is 123 Å². The molecule has 21 heavy (non-hydrogen) atoms. The maximum absolute atomic E-state index is 11.8. The Balaban J connectivity index is 1.87. The predicted octanol–water partition coefficient (Wildman–Crippen LogP) is 2.38. The third-order valence-corrected chi connectivity index (χ3v) is 3.11. The molecule has 0 aliphatic rings. The van der Waals surface area contributed by atoms with Gasteiger partial charge in [-0.3, -0.25) is 4.79 Å². The molecule has 1 aromatic heterocycles. The molecule has 0 atom stereocenters. The normalized spacial score (nSPS) is 10.2. The molecule has 2 aromatic rings. The number of hydrogen-bond acceptors (Lipinski definition) is 3. The summed E-state index contributed by atoms with van der Waals surface area (Å²) in [6.45, 7) is 1.74. The Morgan fingerprint density at radius 3 is 2.71 bits per heavy atom. The van der Waals surface area contributed by atoms with Crippen molar-refractivity contribution in [3.8, 4) is 0 Å². The SMILES string of the molecule is CCc1cccc(NC(=O)COC(=O)c2cccn2C)c1. The predicted molar refractivity (Wildman–Crippen MR) is 80.1 cm³/mol. The zero-order valence-electron chi connectivity index (χ0n) is 12.1. The lowest BCUT2D eigenvalue weighted by Gasteiger charge is -2.08. The topological polar surface area (TPSA) is 60.3 Å². The lowest BCUT2D eigenvalue weighted by atomic mass is 10.1. The number of amides is 1. The lowest BCUT2D eigenvalue weighted by molar-refractivity contribution is -0.119. The number of hydrogen-bond donors (Lipinski definition) is 1. The number of ether oxygens (including phenoxy) is 1. The maximum Gasteiger partial charge on any atom is 0.355 e. The summed E-state index contributed by atoms with van der Waals surface area (Å²) >= 11 is 0. The molecule has 0 aliphatic carbocycles. The summed E-state index contributed by atoms with van der Waals surface area (Å²) in [5.74, 6) is -0.870. The van der Waals surface area contributed by atoms with Crippen molar-refractivity contribution >= 4 is 17.6 Å². The van der Waals surface area contributed by atoms with Crippen LogP contribution in [0, 0.1) is 0 Å². The highest BCUT2D eigenvalue weighted by molar-refractivity contribution is 5.95. The van der Waals surface area contributed by atoms with E-state index < -0.39 is 5.97 Å². The van der Waals surface area contributed by atoms with Gasteiger partial charge in [0.2, 0.25) is 0 Å². The Morgan fingerprint density at radius 2 is 2.05 bits per heavy atom. The van der Waals surface area contributed by atoms with E-state index in [-0.39, 0.29) is 12.5 Å². The Morgan fingerprint density at radius 1 is 1.24 bits per heavy atom. The van der Waals surface area contributed by atoms with Crippen LogP contribution in [0.1, 0.15) is 23.0 Å². The van der Waals surface area contributed by atoms with Crippen LogP contribution < -0.4 is 5.32 Å². The molecule has 0 saturated heterocycles. The summed E-state index contributed by atoms with van der Waals surface area (Å²) in [4.78, 5) is 23.5. The number of nitrogens with one attached hydrogen (secondary N) is 1. The van der Waals surface area contributed by atoms with Crippen molar-refractivity contribution in [1.29, 1.82) is 0 Å². The average molecular weight is 286 g/mol. The van der Waals surface area contributed by atoms with Crippen molar-refractivity contribution in [2.24, 2.45) is 7.05 Å². The molecule has 0 unspecified atom stereocenters. The van der Waals surface area contributed by atoms with Gasteiger partial charge in [0.1, 0.15) is 5.69 Å². The first kappa shape index (κ1) is 14.8. The van der Waals surface area contributed by atoms with Crippen LogP contribution in [0.2, 0.25) is 0 Å². The van der Waals surface area contributed by atoms with E-state index in [1.807, 2.05) is 25.1 Å². The van der Waals surface area contributed by atoms with Gasteiger partial charge in [-0.25, -0.2) is 4.79 Å². The van der Waals surface area contributed by atoms with Gasteiger partial charge in [0, 0.05) is 18.9 Å². The van der Waals surface area contributed by atoms with Gasteiger partial charge in [0.05, 0.1) is 0 Å².